The number of hydrogen-bond acceptors (Lipinski definition) is 17. The van der Waals surface area contributed by atoms with Crippen LogP contribution in [0.5, 0.6) is 5.75 Å². The second kappa shape index (κ2) is 26.4. The highest BCUT2D eigenvalue weighted by molar-refractivity contribution is 7.70. The van der Waals surface area contributed by atoms with Gasteiger partial charge in [-0.1, -0.05) is 68.8 Å². The van der Waals surface area contributed by atoms with Gasteiger partial charge in [0, 0.05) is 81.9 Å². The number of carbonyl (C=O) groups excluding carboxylic acids is 4. The lowest BCUT2D eigenvalue weighted by atomic mass is 9.85. The van der Waals surface area contributed by atoms with Crippen molar-refractivity contribution in [1.29, 1.82) is 0 Å². The number of thiazole rings is 1. The minimum absolute atomic E-state index is 0.0351. The van der Waals surface area contributed by atoms with Gasteiger partial charge < -0.3 is 59.8 Å². The summed E-state index contributed by atoms with van der Waals surface area (Å²) in [5, 5.41) is 23.8. The van der Waals surface area contributed by atoms with Crippen LogP contribution in [0.15, 0.2) is 78.4 Å². The van der Waals surface area contributed by atoms with Crippen molar-refractivity contribution in [2.24, 2.45) is 5.41 Å². The summed E-state index contributed by atoms with van der Waals surface area (Å²) in [7, 11) is -0.951. The Balaban J connectivity index is 0.718. The molecule has 20 nitrogen and oxygen atoms in total. The summed E-state index contributed by atoms with van der Waals surface area (Å²) in [6.45, 7) is 15.3. The number of carbonyl (C=O) groups is 4. The van der Waals surface area contributed by atoms with Crippen LogP contribution in [0.2, 0.25) is 5.02 Å². The number of β-amino-alcohol motifs (C(OH)–C–C–N with tert-alkyl or cyclic N) is 1. The lowest BCUT2D eigenvalue weighted by molar-refractivity contribution is -0.144. The molecule has 0 bridgehead atoms. The number of likely N-dealkylation sites (tertiary alicyclic amines) is 1. The molecule has 3 aliphatic heterocycles. The fraction of sp³-hybridized carbons (Fsp3) is 0.482. The van der Waals surface area contributed by atoms with E-state index < -0.39 is 42.6 Å². The Morgan fingerprint density at radius 3 is 2.28 bits per heavy atom. The third-order valence-electron chi connectivity index (χ3n) is 14.5. The van der Waals surface area contributed by atoms with Gasteiger partial charge in [0.05, 0.1) is 60.1 Å². The number of nitrogens with one attached hydrogen (secondary N) is 4. The first-order valence-corrected chi connectivity index (χ1v) is 30.5. The lowest BCUT2D eigenvalue weighted by Gasteiger charge is -2.43. The second-order valence-electron chi connectivity index (χ2n) is 21.6. The number of piperazine rings is 1. The Kier molecular flexibility index (Phi) is 19.7. The maximum atomic E-state index is 14.0. The SMILES string of the molecule is COc1cc(N2CCC(N3CCN(C(=O)COCCOCC(=O)N[C@H](C(=O)N4C[C@H](O)C[C@H]4C(=O)NCc4ccc(-c5scnc5C)cc4)C(C)(C)C)CC3)CC2)ccc1Nc1ncc(Cl)c(Nc2ccccc2P(C)(C)=O)n1. The lowest BCUT2D eigenvalue weighted by Crippen LogP contribution is -2.58. The van der Waals surface area contributed by atoms with Gasteiger partial charge in [-0.3, -0.25) is 24.1 Å². The highest BCUT2D eigenvalue weighted by Crippen LogP contribution is 2.39. The fourth-order valence-electron chi connectivity index (χ4n) is 10.1. The number of rotatable bonds is 21. The number of nitrogens with zero attached hydrogens (tertiary/aromatic N) is 7. The molecule has 5 N–H and O–H groups in total. The summed E-state index contributed by atoms with van der Waals surface area (Å²) < 4.78 is 30.0. The van der Waals surface area contributed by atoms with Crippen LogP contribution in [0, 0.1) is 12.3 Å². The van der Waals surface area contributed by atoms with E-state index in [1.807, 2.05) is 98.8 Å². The summed E-state index contributed by atoms with van der Waals surface area (Å²) in [6, 6.07) is 19.7. The van der Waals surface area contributed by atoms with E-state index in [1.54, 1.807) is 31.8 Å². The maximum absolute atomic E-state index is 14.0. The van der Waals surface area contributed by atoms with Crippen LogP contribution >= 0.6 is 30.1 Å². The molecule has 0 unspecified atom stereocenters. The molecule has 3 fully saturated rings. The molecule has 424 valence electrons. The van der Waals surface area contributed by atoms with Crippen molar-refractivity contribution < 1.29 is 43.1 Å². The molecule has 3 aliphatic rings. The number of aromatic nitrogens is 3. The fourth-order valence-corrected chi connectivity index (χ4v) is 12.2. The number of anilines is 5. The molecule has 3 aromatic carbocycles. The van der Waals surface area contributed by atoms with Crippen molar-refractivity contribution in [3.8, 4) is 16.2 Å². The van der Waals surface area contributed by atoms with Gasteiger partial charge in [-0.25, -0.2) is 9.97 Å². The molecule has 5 heterocycles. The number of halogens is 1. The summed E-state index contributed by atoms with van der Waals surface area (Å²) >= 11 is 8.06. The highest BCUT2D eigenvalue weighted by atomic mass is 35.5. The van der Waals surface area contributed by atoms with Gasteiger partial charge >= 0.3 is 0 Å². The molecule has 79 heavy (non-hydrogen) atoms. The van der Waals surface area contributed by atoms with E-state index >= 15 is 0 Å². The number of para-hydroxylation sites is 1. The van der Waals surface area contributed by atoms with E-state index in [-0.39, 0.29) is 57.8 Å². The summed E-state index contributed by atoms with van der Waals surface area (Å²) in [5.74, 6) is -0.151. The van der Waals surface area contributed by atoms with Gasteiger partial charge in [0.15, 0.2) is 5.82 Å². The average molecular weight is 1140 g/mol. The molecule has 0 radical (unpaired) electrons. The molecule has 2 aromatic heterocycles. The summed E-state index contributed by atoms with van der Waals surface area (Å²) in [6.07, 6.45) is 2.65. The third kappa shape index (κ3) is 15.4. The molecule has 3 atom stereocenters. The van der Waals surface area contributed by atoms with Crippen LogP contribution in [0.1, 0.15) is 51.3 Å². The topological polar surface area (TPSA) is 233 Å². The van der Waals surface area contributed by atoms with E-state index in [4.69, 9.17) is 25.8 Å². The number of hydrogen-bond donors (Lipinski definition) is 5. The highest BCUT2D eigenvalue weighted by Gasteiger charge is 2.44. The van der Waals surface area contributed by atoms with Crippen LogP contribution in [-0.2, 0) is 39.8 Å². The normalized spacial score (nSPS) is 17.8. The van der Waals surface area contributed by atoms with Gasteiger partial charge in [0.25, 0.3) is 0 Å². The molecule has 4 amide bonds. The van der Waals surface area contributed by atoms with E-state index in [9.17, 15) is 28.8 Å². The number of piperidine rings is 1. The quantitative estimate of drug-likeness (QED) is 0.0403. The molecule has 3 saturated heterocycles. The van der Waals surface area contributed by atoms with Gasteiger partial charge in [-0.15, -0.1) is 11.3 Å². The van der Waals surface area contributed by atoms with Crippen molar-refractivity contribution in [3.05, 3.63) is 94.7 Å². The van der Waals surface area contributed by atoms with Crippen molar-refractivity contribution in [1.82, 2.24) is 40.3 Å². The predicted molar refractivity (Wildman–Crippen MR) is 309 cm³/mol. The first kappa shape index (κ1) is 58.9. The second-order valence-corrected chi connectivity index (χ2v) is 26.0. The number of methoxy groups -OCH3 is 1. The Hall–Kier alpha value is -6.19. The van der Waals surface area contributed by atoms with E-state index in [0.29, 0.717) is 58.3 Å². The van der Waals surface area contributed by atoms with Crippen molar-refractivity contribution in [2.45, 2.75) is 77.7 Å². The Morgan fingerprint density at radius 2 is 1.61 bits per heavy atom. The first-order chi connectivity index (χ1) is 37.7. The number of benzene rings is 3. The summed E-state index contributed by atoms with van der Waals surface area (Å²) in [4.78, 5) is 76.2. The van der Waals surface area contributed by atoms with E-state index in [1.165, 1.54) is 11.1 Å². The van der Waals surface area contributed by atoms with E-state index in [2.05, 4.69) is 52.1 Å². The number of amides is 4. The minimum atomic E-state index is -2.58. The van der Waals surface area contributed by atoms with Crippen molar-refractivity contribution >= 4 is 87.8 Å². The smallest absolute Gasteiger partial charge is 0.248 e. The molecule has 0 aliphatic carbocycles. The molecule has 5 aromatic rings. The van der Waals surface area contributed by atoms with E-state index in [0.717, 1.165) is 66.4 Å². The zero-order valence-corrected chi connectivity index (χ0v) is 48.5. The maximum Gasteiger partial charge on any atom is 0.248 e. The van der Waals surface area contributed by atoms with Crippen molar-refractivity contribution in [2.75, 3.05) is 108 Å². The Labute approximate surface area is 471 Å². The number of aryl methyl sites for hydroxylation is 1. The first-order valence-electron chi connectivity index (χ1n) is 26.6. The predicted octanol–water partition coefficient (Wildman–Crippen LogP) is 6.26. The van der Waals surface area contributed by atoms with Crippen LogP contribution < -0.4 is 36.2 Å². The Bertz CT molecular complexity index is 2980. The molecular formula is C56H73ClN11O9PS. The Morgan fingerprint density at radius 1 is 0.899 bits per heavy atom. The van der Waals surface area contributed by atoms with Crippen LogP contribution in [0.4, 0.5) is 28.8 Å². The van der Waals surface area contributed by atoms with Gasteiger partial charge in [0.2, 0.25) is 29.6 Å². The molecule has 23 heteroatoms. The minimum Gasteiger partial charge on any atom is -0.494 e. The van der Waals surface area contributed by atoms with Crippen LogP contribution in [0.25, 0.3) is 10.4 Å². The molecule has 8 rings (SSSR count). The molecule has 0 saturated carbocycles. The number of aliphatic hydroxyl groups excluding tert-OH is 1. The van der Waals surface area contributed by atoms with Gasteiger partial charge in [-0.2, -0.15) is 4.98 Å². The average Bonchev–Trinajstić information content (AvgIpc) is 4.19. The molecule has 0 spiro atoms. The standard InChI is InChI=1S/C56H73ClN11O9PS/c1-36-50(79-35-60-36)38-14-12-37(13-15-38)30-58-53(72)45-29-41(69)32-68(45)54(73)51(56(2,3)4)63-48(70)33-76-26-27-77-34-49(71)67-24-22-66(23-25-67)39-18-20-65(21-19-39)40-16-17-43(46(28-40)75-5)62-55-59-31-42(57)52(64-55)61-44-10-8-9-11-47(44)78(6,7)74/h8-17,28,31,35,39,41,45,51,69H,18-27,29-30,32-34H2,1-7H3,(H,58,72)(H,63,70)(H2,59,61,62,64)/t41-,45+,51-/m1/s1. The third-order valence-corrected chi connectivity index (χ3v) is 17.3. The van der Waals surface area contributed by atoms with Crippen LogP contribution in [0.3, 0.4) is 0 Å². The number of ether oxygens (including phenoxy) is 3. The zero-order chi connectivity index (χ0) is 56.4. The summed E-state index contributed by atoms with van der Waals surface area (Å²) in [5.41, 5.74) is 6.35. The van der Waals surface area contributed by atoms with Gasteiger partial charge in [-0.05, 0) is 73.9 Å². The van der Waals surface area contributed by atoms with Crippen molar-refractivity contribution in [3.63, 3.8) is 0 Å². The van der Waals surface area contributed by atoms with Gasteiger partial charge in [0.1, 0.15) is 43.2 Å². The molecular weight excluding hydrogens is 1070 g/mol. The largest absolute Gasteiger partial charge is 0.494 e. The number of aliphatic hydroxyl groups is 1. The van der Waals surface area contributed by atoms with Crippen LogP contribution in [-0.4, -0.2) is 175 Å². The monoisotopic (exact) mass is 1140 g/mol. The zero-order valence-electron chi connectivity index (χ0n) is 46.0.